The van der Waals surface area contributed by atoms with E-state index >= 15 is 0 Å². The highest BCUT2D eigenvalue weighted by Gasteiger charge is 2.22. The number of nitrogens with zero attached hydrogens (tertiary/aromatic N) is 4. The Morgan fingerprint density at radius 1 is 0.867 bits per heavy atom. The van der Waals surface area contributed by atoms with Gasteiger partial charge in [0.05, 0.1) is 18.9 Å². The summed E-state index contributed by atoms with van der Waals surface area (Å²) in [5.74, 6) is -0.116. The Morgan fingerprint density at radius 3 is 2.13 bits per heavy atom. The number of hydrogen-bond donors (Lipinski definition) is 1. The van der Waals surface area contributed by atoms with Gasteiger partial charge in [0.2, 0.25) is 5.43 Å². The number of morpholine rings is 1. The predicted octanol–water partition coefficient (Wildman–Crippen LogP) is 1.24. The number of aromatic nitrogens is 1. The van der Waals surface area contributed by atoms with Crippen molar-refractivity contribution in [1.82, 2.24) is 19.3 Å². The third-order valence-corrected chi connectivity index (χ3v) is 6.22. The molecule has 0 atom stereocenters. The molecule has 0 aliphatic carbocycles. The van der Waals surface area contributed by atoms with Crippen molar-refractivity contribution in [1.29, 1.82) is 0 Å². The SMILES string of the molecule is Cn1c(CN2CCOCC2)cc(=O)c(O)c1CN1CCN(Cc2ccccc2)CC1. The largest absolute Gasteiger partial charge is 0.503 e. The summed E-state index contributed by atoms with van der Waals surface area (Å²) in [5.41, 5.74) is 2.70. The van der Waals surface area contributed by atoms with Gasteiger partial charge in [0.1, 0.15) is 0 Å². The van der Waals surface area contributed by atoms with Crippen molar-refractivity contribution in [2.24, 2.45) is 7.05 Å². The number of benzene rings is 1. The first-order valence-electron chi connectivity index (χ1n) is 10.8. The van der Waals surface area contributed by atoms with E-state index < -0.39 is 0 Å². The quantitative estimate of drug-likeness (QED) is 0.771. The van der Waals surface area contributed by atoms with Gasteiger partial charge < -0.3 is 14.4 Å². The number of aromatic hydroxyl groups is 1. The molecule has 2 saturated heterocycles. The van der Waals surface area contributed by atoms with Crippen LogP contribution in [0.3, 0.4) is 0 Å². The zero-order valence-electron chi connectivity index (χ0n) is 17.8. The van der Waals surface area contributed by atoms with Crippen LogP contribution < -0.4 is 5.43 Å². The third kappa shape index (κ3) is 5.10. The minimum absolute atomic E-state index is 0.116. The fourth-order valence-corrected chi connectivity index (χ4v) is 4.27. The van der Waals surface area contributed by atoms with E-state index in [9.17, 15) is 9.90 Å². The van der Waals surface area contributed by atoms with Crippen molar-refractivity contribution < 1.29 is 9.84 Å². The number of pyridine rings is 1. The van der Waals surface area contributed by atoms with Gasteiger partial charge in [-0.15, -0.1) is 0 Å². The maximum Gasteiger partial charge on any atom is 0.223 e. The number of rotatable bonds is 6. The topological polar surface area (TPSA) is 61.2 Å². The van der Waals surface area contributed by atoms with Gasteiger partial charge in [0.25, 0.3) is 0 Å². The summed E-state index contributed by atoms with van der Waals surface area (Å²) in [6.45, 7) is 9.27. The lowest BCUT2D eigenvalue weighted by Crippen LogP contribution is -2.45. The molecule has 1 N–H and O–H groups in total. The Morgan fingerprint density at radius 2 is 1.47 bits per heavy atom. The van der Waals surface area contributed by atoms with E-state index in [2.05, 4.69) is 39.0 Å². The molecule has 3 heterocycles. The van der Waals surface area contributed by atoms with E-state index in [4.69, 9.17) is 4.74 Å². The van der Waals surface area contributed by atoms with E-state index in [1.165, 1.54) is 5.56 Å². The molecule has 7 heteroatoms. The van der Waals surface area contributed by atoms with Crippen LogP contribution in [-0.2, 0) is 31.4 Å². The normalized spacial score (nSPS) is 19.2. The summed E-state index contributed by atoms with van der Waals surface area (Å²) in [4.78, 5) is 19.5. The average molecular weight is 413 g/mol. The van der Waals surface area contributed by atoms with Crippen molar-refractivity contribution in [2.45, 2.75) is 19.6 Å². The summed E-state index contributed by atoms with van der Waals surface area (Å²) in [6, 6.07) is 12.1. The molecular formula is C23H32N4O3. The second-order valence-corrected chi connectivity index (χ2v) is 8.28. The Balaban J connectivity index is 1.39. The van der Waals surface area contributed by atoms with Gasteiger partial charge in [-0.25, -0.2) is 0 Å². The van der Waals surface area contributed by atoms with Gasteiger partial charge in [-0.2, -0.15) is 0 Å². The van der Waals surface area contributed by atoms with Crippen LogP contribution in [0.5, 0.6) is 5.75 Å². The average Bonchev–Trinajstić information content (AvgIpc) is 2.78. The van der Waals surface area contributed by atoms with E-state index in [0.29, 0.717) is 18.8 Å². The van der Waals surface area contributed by atoms with Crippen molar-refractivity contribution in [3.05, 3.63) is 63.6 Å². The molecule has 4 rings (SSSR count). The van der Waals surface area contributed by atoms with Gasteiger partial charge in [0, 0.05) is 77.7 Å². The van der Waals surface area contributed by atoms with Crippen LogP contribution in [0.15, 0.2) is 41.2 Å². The van der Waals surface area contributed by atoms with Crippen molar-refractivity contribution in [3.8, 4) is 5.75 Å². The van der Waals surface area contributed by atoms with Crippen molar-refractivity contribution in [2.75, 3.05) is 52.5 Å². The van der Waals surface area contributed by atoms with Gasteiger partial charge in [-0.3, -0.25) is 19.5 Å². The Kier molecular flexibility index (Phi) is 6.84. The van der Waals surface area contributed by atoms with Gasteiger partial charge in [-0.1, -0.05) is 30.3 Å². The molecule has 1 aromatic heterocycles. The first kappa shape index (κ1) is 21.1. The minimum atomic E-state index is -0.283. The second kappa shape index (κ2) is 9.75. The molecule has 2 aromatic rings. The molecule has 0 bridgehead atoms. The molecule has 2 fully saturated rings. The van der Waals surface area contributed by atoms with Crippen LogP contribution in [0.2, 0.25) is 0 Å². The summed E-state index contributed by atoms with van der Waals surface area (Å²) < 4.78 is 7.42. The fraction of sp³-hybridized carbons (Fsp3) is 0.522. The maximum absolute atomic E-state index is 12.4. The van der Waals surface area contributed by atoms with Crippen molar-refractivity contribution in [3.63, 3.8) is 0 Å². The zero-order chi connectivity index (χ0) is 20.9. The molecule has 7 nitrogen and oxygen atoms in total. The smallest absolute Gasteiger partial charge is 0.223 e. The molecule has 30 heavy (non-hydrogen) atoms. The highest BCUT2D eigenvalue weighted by molar-refractivity contribution is 5.30. The first-order chi connectivity index (χ1) is 14.6. The van der Waals surface area contributed by atoms with Gasteiger partial charge >= 0.3 is 0 Å². The maximum atomic E-state index is 12.4. The van der Waals surface area contributed by atoms with E-state index in [-0.39, 0.29) is 11.2 Å². The highest BCUT2D eigenvalue weighted by atomic mass is 16.5. The molecule has 0 saturated carbocycles. The molecule has 162 valence electrons. The summed E-state index contributed by atoms with van der Waals surface area (Å²) in [5, 5.41) is 10.5. The summed E-state index contributed by atoms with van der Waals surface area (Å²) in [7, 11) is 1.95. The molecular weight excluding hydrogens is 380 g/mol. The van der Waals surface area contributed by atoms with Crippen LogP contribution in [0.25, 0.3) is 0 Å². The molecule has 0 spiro atoms. The van der Waals surface area contributed by atoms with E-state index in [1.807, 2.05) is 17.7 Å². The minimum Gasteiger partial charge on any atom is -0.503 e. The van der Waals surface area contributed by atoms with E-state index in [1.54, 1.807) is 6.07 Å². The molecule has 2 aliphatic rings. The summed E-state index contributed by atoms with van der Waals surface area (Å²) in [6.07, 6.45) is 0. The standard InChI is InChI=1S/C23H32N4O3/c1-24-20(17-27-11-13-30-14-12-27)15-22(28)23(29)21(24)18-26-9-7-25(8-10-26)16-19-5-3-2-4-6-19/h2-6,15,29H,7-14,16-18H2,1H3. The van der Waals surface area contributed by atoms with Crippen LogP contribution in [0.4, 0.5) is 0 Å². The van der Waals surface area contributed by atoms with Gasteiger partial charge in [0.15, 0.2) is 5.75 Å². The molecule has 0 unspecified atom stereocenters. The lowest BCUT2D eigenvalue weighted by molar-refractivity contribution is 0.0330. The third-order valence-electron chi connectivity index (χ3n) is 6.22. The Labute approximate surface area is 178 Å². The van der Waals surface area contributed by atoms with E-state index in [0.717, 1.165) is 64.7 Å². The zero-order valence-corrected chi connectivity index (χ0v) is 17.8. The Hall–Kier alpha value is -2.19. The lowest BCUT2D eigenvalue weighted by atomic mass is 10.2. The number of hydrogen-bond acceptors (Lipinski definition) is 6. The monoisotopic (exact) mass is 412 g/mol. The predicted molar refractivity (Wildman–Crippen MR) is 116 cm³/mol. The Bertz CT molecular complexity index is 885. The number of piperazine rings is 1. The van der Waals surface area contributed by atoms with Crippen LogP contribution in [0, 0.1) is 0 Å². The second-order valence-electron chi connectivity index (χ2n) is 8.28. The van der Waals surface area contributed by atoms with Crippen LogP contribution in [-0.4, -0.2) is 76.9 Å². The molecule has 0 amide bonds. The summed E-state index contributed by atoms with van der Waals surface area (Å²) >= 11 is 0. The lowest BCUT2D eigenvalue weighted by Gasteiger charge is -2.35. The first-order valence-corrected chi connectivity index (χ1v) is 10.8. The number of ether oxygens (including phenoxy) is 1. The molecule has 1 aromatic carbocycles. The van der Waals surface area contributed by atoms with Crippen LogP contribution >= 0.6 is 0 Å². The van der Waals surface area contributed by atoms with Gasteiger partial charge in [-0.05, 0) is 5.56 Å². The molecule has 2 aliphatic heterocycles. The molecule has 0 radical (unpaired) electrons. The van der Waals surface area contributed by atoms with Crippen LogP contribution in [0.1, 0.15) is 17.0 Å². The highest BCUT2D eigenvalue weighted by Crippen LogP contribution is 2.19. The fourth-order valence-electron chi connectivity index (χ4n) is 4.27. The van der Waals surface area contributed by atoms with Crippen molar-refractivity contribution >= 4 is 0 Å².